The second-order valence-corrected chi connectivity index (χ2v) is 5.20. The summed E-state index contributed by atoms with van der Waals surface area (Å²) in [5.41, 5.74) is 0. The lowest BCUT2D eigenvalue weighted by Crippen LogP contribution is -2.44. The fourth-order valence-electron chi connectivity index (χ4n) is 4.19. The van der Waals surface area contributed by atoms with Crippen LogP contribution in [0.15, 0.2) is 12.2 Å². The molecule has 1 aliphatic heterocycles. The van der Waals surface area contributed by atoms with E-state index in [2.05, 4.69) is 12.2 Å². The first kappa shape index (κ1) is 8.79. The van der Waals surface area contributed by atoms with Crippen molar-refractivity contribution in [3.05, 3.63) is 12.2 Å². The Morgan fingerprint density at radius 1 is 1.31 bits per heavy atom. The average molecular weight is 220 g/mol. The summed E-state index contributed by atoms with van der Waals surface area (Å²) in [5, 5.41) is 0. The molecule has 0 aromatic rings. The Morgan fingerprint density at radius 2 is 2.06 bits per heavy atom. The molecule has 0 spiro atoms. The third-order valence-electron chi connectivity index (χ3n) is 4.63. The van der Waals surface area contributed by atoms with Gasteiger partial charge >= 0.3 is 11.9 Å². The second kappa shape index (κ2) is 2.50. The van der Waals surface area contributed by atoms with Crippen molar-refractivity contribution in [2.75, 3.05) is 0 Å². The van der Waals surface area contributed by atoms with Crippen molar-refractivity contribution < 1.29 is 19.1 Å². The summed E-state index contributed by atoms with van der Waals surface area (Å²) in [5.74, 6) is 1.03. The van der Waals surface area contributed by atoms with Crippen LogP contribution in [0.5, 0.6) is 0 Å². The summed E-state index contributed by atoms with van der Waals surface area (Å²) in [6.45, 7) is 1.41. The number of hydrogen-bond donors (Lipinski definition) is 0. The number of fused-ring (bicyclic) bond motifs is 1. The van der Waals surface area contributed by atoms with Crippen molar-refractivity contribution in [1.82, 2.24) is 0 Å². The van der Waals surface area contributed by atoms with Crippen LogP contribution in [0.25, 0.3) is 0 Å². The molecule has 4 aliphatic rings. The molecule has 1 saturated heterocycles. The van der Waals surface area contributed by atoms with Gasteiger partial charge in [0.05, 0.1) is 5.92 Å². The highest BCUT2D eigenvalue weighted by Crippen LogP contribution is 2.66. The lowest BCUT2D eigenvalue weighted by atomic mass is 9.59. The van der Waals surface area contributed by atoms with Gasteiger partial charge in [0.25, 0.3) is 0 Å². The normalized spacial score (nSPS) is 54.6. The highest BCUT2D eigenvalue weighted by Gasteiger charge is 2.73. The van der Waals surface area contributed by atoms with E-state index in [1.54, 1.807) is 0 Å². The van der Waals surface area contributed by atoms with Gasteiger partial charge in [-0.1, -0.05) is 12.2 Å². The fraction of sp³-hybridized carbons (Fsp3) is 0.667. The minimum atomic E-state index is -0.289. The molecule has 0 aromatic carbocycles. The Labute approximate surface area is 92.6 Å². The van der Waals surface area contributed by atoms with Gasteiger partial charge in [0.2, 0.25) is 0 Å². The van der Waals surface area contributed by atoms with E-state index in [-0.39, 0.29) is 36.0 Å². The minimum Gasteiger partial charge on any atom is -0.458 e. The first-order chi connectivity index (χ1) is 7.68. The summed E-state index contributed by atoms with van der Waals surface area (Å²) < 4.78 is 10.7. The van der Waals surface area contributed by atoms with E-state index in [4.69, 9.17) is 9.47 Å². The summed E-state index contributed by atoms with van der Waals surface area (Å²) in [7, 11) is 0. The standard InChI is InChI=1S/C12H12O4/c1-4(13)15-10-6-3-2-5-7(6)9-8(5)12(14)16-11(9)10/h2-3,5-11H,1H3/t5-,6-,7+,8-,9+,10-,11-/m1/s1. The van der Waals surface area contributed by atoms with E-state index in [1.807, 2.05) is 0 Å². The van der Waals surface area contributed by atoms with Crippen molar-refractivity contribution in [1.29, 1.82) is 0 Å². The predicted octanol–water partition coefficient (Wildman–Crippen LogP) is 0.521. The maximum atomic E-state index is 11.6. The predicted molar refractivity (Wildman–Crippen MR) is 52.0 cm³/mol. The van der Waals surface area contributed by atoms with E-state index in [9.17, 15) is 9.59 Å². The maximum absolute atomic E-state index is 11.6. The number of carbonyl (C=O) groups excluding carboxylic acids is 2. The molecule has 0 bridgehead atoms. The van der Waals surface area contributed by atoms with Gasteiger partial charge in [-0.05, 0) is 11.8 Å². The Morgan fingerprint density at radius 3 is 2.81 bits per heavy atom. The Hall–Kier alpha value is -1.32. The van der Waals surface area contributed by atoms with E-state index >= 15 is 0 Å². The smallest absolute Gasteiger partial charge is 0.310 e. The summed E-state index contributed by atoms with van der Waals surface area (Å²) >= 11 is 0. The first-order valence-corrected chi connectivity index (χ1v) is 5.74. The van der Waals surface area contributed by atoms with Gasteiger partial charge in [-0.3, -0.25) is 9.59 Å². The third kappa shape index (κ3) is 0.761. The molecule has 0 N–H and O–H groups in total. The first-order valence-electron chi connectivity index (χ1n) is 5.74. The number of rotatable bonds is 1. The van der Waals surface area contributed by atoms with E-state index in [0.717, 1.165) is 0 Å². The molecular formula is C12H12O4. The van der Waals surface area contributed by atoms with Crippen molar-refractivity contribution in [2.24, 2.45) is 29.6 Å². The number of allylic oxidation sites excluding steroid dienone is 1. The molecule has 3 aliphatic carbocycles. The van der Waals surface area contributed by atoms with Crippen LogP contribution in [0, 0.1) is 29.6 Å². The van der Waals surface area contributed by atoms with Crippen LogP contribution in [0.1, 0.15) is 6.92 Å². The van der Waals surface area contributed by atoms with Crippen LogP contribution >= 0.6 is 0 Å². The molecule has 1 heterocycles. The molecule has 0 aromatic heterocycles. The zero-order valence-corrected chi connectivity index (χ0v) is 8.83. The topological polar surface area (TPSA) is 52.6 Å². The fourth-order valence-corrected chi connectivity index (χ4v) is 4.19. The van der Waals surface area contributed by atoms with Gasteiger partial charge in [0.15, 0.2) is 0 Å². The van der Waals surface area contributed by atoms with Crippen molar-refractivity contribution in [3.63, 3.8) is 0 Å². The average Bonchev–Trinajstić information content (AvgIpc) is 2.69. The summed E-state index contributed by atoms with van der Waals surface area (Å²) in [4.78, 5) is 22.7. The highest BCUT2D eigenvalue weighted by molar-refractivity contribution is 5.79. The van der Waals surface area contributed by atoms with Crippen molar-refractivity contribution in [2.45, 2.75) is 19.1 Å². The number of hydrogen-bond acceptors (Lipinski definition) is 4. The van der Waals surface area contributed by atoms with Gasteiger partial charge in [0.1, 0.15) is 12.2 Å². The quantitative estimate of drug-likeness (QED) is 0.477. The van der Waals surface area contributed by atoms with Gasteiger partial charge in [-0.15, -0.1) is 0 Å². The molecule has 0 unspecified atom stereocenters. The van der Waals surface area contributed by atoms with E-state index in [0.29, 0.717) is 17.8 Å². The molecule has 4 nitrogen and oxygen atoms in total. The SMILES string of the molecule is CC(=O)O[C@@H]1[C@@H]2C=C[C@H]3[C@H]4C(=O)O[C@@H]1[C@H]4[C@H]23. The Kier molecular flexibility index (Phi) is 1.37. The zero-order valence-electron chi connectivity index (χ0n) is 8.83. The van der Waals surface area contributed by atoms with Gasteiger partial charge < -0.3 is 9.47 Å². The van der Waals surface area contributed by atoms with Crippen LogP contribution in [-0.4, -0.2) is 24.1 Å². The van der Waals surface area contributed by atoms with Gasteiger partial charge in [0, 0.05) is 18.8 Å². The molecular weight excluding hydrogens is 208 g/mol. The molecule has 84 valence electrons. The third-order valence-corrected chi connectivity index (χ3v) is 4.63. The number of esters is 2. The molecule has 0 radical (unpaired) electrons. The largest absolute Gasteiger partial charge is 0.458 e. The van der Waals surface area contributed by atoms with Crippen LogP contribution in [0.3, 0.4) is 0 Å². The van der Waals surface area contributed by atoms with Crippen molar-refractivity contribution >= 4 is 11.9 Å². The van der Waals surface area contributed by atoms with Crippen LogP contribution in [0.4, 0.5) is 0 Å². The summed E-state index contributed by atoms with van der Waals surface area (Å²) in [6.07, 6.45) is 3.79. The Bertz CT molecular complexity index is 427. The molecule has 16 heavy (non-hydrogen) atoms. The van der Waals surface area contributed by atoms with Gasteiger partial charge in [-0.25, -0.2) is 0 Å². The highest BCUT2D eigenvalue weighted by atomic mass is 16.6. The molecule has 4 rings (SSSR count). The molecule has 2 saturated carbocycles. The van der Waals surface area contributed by atoms with Crippen LogP contribution < -0.4 is 0 Å². The Balaban J connectivity index is 1.73. The zero-order chi connectivity index (χ0) is 11.0. The maximum Gasteiger partial charge on any atom is 0.310 e. The van der Waals surface area contributed by atoms with E-state index < -0.39 is 0 Å². The number of carbonyl (C=O) groups is 2. The minimum absolute atomic E-state index is 0.0387. The molecule has 7 atom stereocenters. The lowest BCUT2D eigenvalue weighted by molar-refractivity contribution is -0.163. The number of ether oxygens (including phenoxy) is 2. The molecule has 0 amide bonds. The monoisotopic (exact) mass is 220 g/mol. The van der Waals surface area contributed by atoms with Crippen LogP contribution in [0.2, 0.25) is 0 Å². The summed E-state index contributed by atoms with van der Waals surface area (Å²) in [6, 6.07) is 0. The lowest BCUT2D eigenvalue weighted by Gasteiger charge is -2.40. The molecule has 4 heteroatoms. The molecule has 3 fully saturated rings. The van der Waals surface area contributed by atoms with Gasteiger partial charge in [-0.2, -0.15) is 0 Å². The second-order valence-electron chi connectivity index (χ2n) is 5.20. The van der Waals surface area contributed by atoms with Crippen molar-refractivity contribution in [3.8, 4) is 0 Å². The van der Waals surface area contributed by atoms with E-state index in [1.165, 1.54) is 6.92 Å². The van der Waals surface area contributed by atoms with Crippen LogP contribution in [-0.2, 0) is 19.1 Å².